The fourth-order valence-electron chi connectivity index (χ4n) is 4.88. The van der Waals surface area contributed by atoms with Crippen LogP contribution in [0.5, 0.6) is 0 Å². The van der Waals surface area contributed by atoms with Crippen LogP contribution in [-0.2, 0) is 18.9 Å². The number of pyridine rings is 3. The predicted octanol–water partition coefficient (Wildman–Crippen LogP) is 3.43. The lowest BCUT2D eigenvalue weighted by atomic mass is 10.1. The summed E-state index contributed by atoms with van der Waals surface area (Å²) in [6, 6.07) is 8.82. The number of esters is 3. The van der Waals surface area contributed by atoms with Crippen molar-refractivity contribution in [2.24, 2.45) is 0 Å². The van der Waals surface area contributed by atoms with Crippen LogP contribution >= 0.6 is 0 Å². The smallest absolute Gasteiger partial charge is 0.390 e. The summed E-state index contributed by atoms with van der Waals surface area (Å²) in [5, 5.41) is 4.98. The highest BCUT2D eigenvalue weighted by Crippen LogP contribution is 2.18. The zero-order chi connectivity index (χ0) is 40.4. The van der Waals surface area contributed by atoms with Gasteiger partial charge in [-0.15, -0.1) is 0 Å². The molecule has 2 N–H and O–H groups in total. The van der Waals surface area contributed by atoms with Crippen molar-refractivity contribution in [1.29, 1.82) is 0 Å². The normalized spacial score (nSPS) is 13.8. The first-order chi connectivity index (χ1) is 26.3. The van der Waals surface area contributed by atoms with Crippen LogP contribution < -0.4 is 10.6 Å². The number of amides is 3. The summed E-state index contributed by atoms with van der Waals surface area (Å²) < 4.78 is 54.4. The Balaban J connectivity index is 0.000000222. The number of alkyl halides is 3. The number of hydrogen-bond acceptors (Lipinski definition) is 13. The quantitative estimate of drug-likeness (QED) is 0.237. The first-order valence-corrected chi connectivity index (χ1v) is 16.9. The van der Waals surface area contributed by atoms with Crippen LogP contribution in [-0.4, -0.2) is 122 Å². The van der Waals surface area contributed by atoms with Crippen LogP contribution in [0, 0.1) is 0 Å². The van der Waals surface area contributed by atoms with Gasteiger partial charge in [0.1, 0.15) is 17.1 Å². The molecule has 0 bridgehead atoms. The van der Waals surface area contributed by atoms with E-state index in [4.69, 9.17) is 4.74 Å². The lowest BCUT2D eigenvalue weighted by Gasteiger charge is -2.22. The number of ether oxygens (including phenoxy) is 4. The van der Waals surface area contributed by atoms with Gasteiger partial charge in [-0.3, -0.25) is 29.3 Å². The van der Waals surface area contributed by atoms with Crippen LogP contribution in [0.25, 0.3) is 0 Å². The summed E-state index contributed by atoms with van der Waals surface area (Å²) in [7, 11) is 3.81. The number of methoxy groups -OCH3 is 3. The number of nitrogens with zero attached hydrogens (tertiary/aromatic N) is 4. The van der Waals surface area contributed by atoms with Crippen molar-refractivity contribution in [2.75, 3.05) is 54.2 Å². The van der Waals surface area contributed by atoms with E-state index in [1.54, 1.807) is 17.0 Å². The third-order valence-corrected chi connectivity index (χ3v) is 7.88. The molecule has 0 aromatic carbocycles. The molecule has 0 spiro atoms. The second-order valence-electron chi connectivity index (χ2n) is 11.8. The van der Waals surface area contributed by atoms with E-state index < -0.39 is 43.0 Å². The van der Waals surface area contributed by atoms with Crippen molar-refractivity contribution in [3.05, 3.63) is 88.8 Å². The summed E-state index contributed by atoms with van der Waals surface area (Å²) >= 11 is 0. The SMILES string of the molecule is COC(=O)c1ccc(C(=O)N2CCCC2)nc1.COC(=O)c1ccc(C(=O)NC2CCOCC2)nc1.COC(=O)c1ccc(C(=O)NCCC(F)(F)F)nc1. The Hall–Kier alpha value is -5.98. The number of nitrogens with one attached hydrogen (secondary N) is 2. The Morgan fingerprint density at radius 3 is 1.55 bits per heavy atom. The molecule has 16 nitrogen and oxygen atoms in total. The van der Waals surface area contributed by atoms with Crippen molar-refractivity contribution < 1.29 is 60.9 Å². The number of likely N-dealkylation sites (tertiary alicyclic amines) is 1. The number of hydrogen-bond donors (Lipinski definition) is 2. The molecule has 55 heavy (non-hydrogen) atoms. The predicted molar refractivity (Wildman–Crippen MR) is 186 cm³/mol. The fraction of sp³-hybridized carbons (Fsp3) is 0.417. The maximum Gasteiger partial charge on any atom is 0.390 e. The minimum Gasteiger partial charge on any atom is -0.465 e. The first kappa shape index (κ1) is 43.4. The summed E-state index contributed by atoms with van der Waals surface area (Å²) in [5.41, 5.74) is 1.42. The van der Waals surface area contributed by atoms with Crippen LogP contribution in [0.4, 0.5) is 13.2 Å². The Kier molecular flexibility index (Phi) is 17.1. The largest absolute Gasteiger partial charge is 0.465 e. The Bertz CT molecular complexity index is 1750. The molecule has 0 radical (unpaired) electrons. The van der Waals surface area contributed by atoms with Gasteiger partial charge in [-0.05, 0) is 62.1 Å². The second-order valence-corrected chi connectivity index (χ2v) is 11.8. The van der Waals surface area contributed by atoms with Gasteiger partial charge in [0.15, 0.2) is 0 Å². The van der Waals surface area contributed by atoms with E-state index >= 15 is 0 Å². The van der Waals surface area contributed by atoms with Gasteiger partial charge >= 0.3 is 24.1 Å². The highest BCUT2D eigenvalue weighted by atomic mass is 19.4. The fourth-order valence-corrected chi connectivity index (χ4v) is 4.88. The van der Waals surface area contributed by atoms with Crippen LogP contribution in [0.2, 0.25) is 0 Å². The van der Waals surface area contributed by atoms with E-state index in [9.17, 15) is 41.9 Å². The topological polar surface area (TPSA) is 205 Å². The Morgan fingerprint density at radius 1 is 0.709 bits per heavy atom. The molecule has 0 saturated carbocycles. The molecule has 2 fully saturated rings. The summed E-state index contributed by atoms with van der Waals surface area (Å²) in [5.74, 6) is -2.57. The Morgan fingerprint density at radius 2 is 1.15 bits per heavy atom. The van der Waals surface area contributed by atoms with Gasteiger partial charge in [-0.2, -0.15) is 13.2 Å². The van der Waals surface area contributed by atoms with E-state index in [2.05, 4.69) is 39.8 Å². The van der Waals surface area contributed by atoms with Crippen molar-refractivity contribution in [3.63, 3.8) is 0 Å². The molecule has 3 aromatic heterocycles. The molecule has 296 valence electrons. The van der Waals surface area contributed by atoms with E-state index in [-0.39, 0.29) is 29.1 Å². The lowest BCUT2D eigenvalue weighted by Crippen LogP contribution is -2.39. The van der Waals surface area contributed by atoms with Crippen LogP contribution in [0.3, 0.4) is 0 Å². The minimum absolute atomic E-state index is 0.0704. The van der Waals surface area contributed by atoms with Gasteiger partial charge in [-0.25, -0.2) is 14.4 Å². The van der Waals surface area contributed by atoms with Gasteiger partial charge in [-0.1, -0.05) is 0 Å². The van der Waals surface area contributed by atoms with Gasteiger partial charge in [0, 0.05) is 57.5 Å². The molecule has 3 amide bonds. The molecule has 2 saturated heterocycles. The van der Waals surface area contributed by atoms with E-state index in [1.165, 1.54) is 58.0 Å². The third-order valence-electron chi connectivity index (χ3n) is 7.88. The number of carbonyl (C=O) groups is 6. The molecule has 3 aromatic rings. The first-order valence-electron chi connectivity index (χ1n) is 16.9. The maximum absolute atomic E-state index is 11.9. The van der Waals surface area contributed by atoms with Crippen LogP contribution in [0.1, 0.15) is 94.6 Å². The molecule has 2 aliphatic heterocycles. The standard InChI is InChI=1S/C13H16N2O4.C12H14N2O3.C11H11F3N2O3/c1-18-13(17)9-2-3-11(14-8-9)12(16)15-10-4-6-19-7-5-10;1-17-12(16)9-4-5-10(13-8-9)11(15)14-6-2-3-7-14;1-19-10(18)7-2-3-8(16-6-7)9(17)15-5-4-11(12,13)14/h2-3,8,10H,4-7H2,1H3,(H,15,16);4-5,8H,2-3,6-7H2,1H3;2-3,6H,4-5H2,1H3,(H,15,17). The van der Waals surface area contributed by atoms with Gasteiger partial charge in [0.2, 0.25) is 0 Å². The molecule has 0 aliphatic carbocycles. The zero-order valence-corrected chi connectivity index (χ0v) is 30.3. The van der Waals surface area contributed by atoms with Gasteiger partial charge in [0.05, 0.1) is 44.4 Å². The van der Waals surface area contributed by atoms with Crippen molar-refractivity contribution in [1.82, 2.24) is 30.5 Å². The lowest BCUT2D eigenvalue weighted by molar-refractivity contribution is -0.133. The van der Waals surface area contributed by atoms with Gasteiger partial charge < -0.3 is 34.5 Å². The Labute approximate surface area is 314 Å². The van der Waals surface area contributed by atoms with Crippen molar-refractivity contribution in [3.8, 4) is 0 Å². The average molecular weight is 775 g/mol. The highest BCUT2D eigenvalue weighted by Gasteiger charge is 2.27. The second kappa shape index (κ2) is 21.7. The molecule has 5 rings (SSSR count). The third kappa shape index (κ3) is 14.4. The molecular weight excluding hydrogens is 733 g/mol. The summed E-state index contributed by atoms with van der Waals surface area (Å²) in [4.78, 5) is 82.2. The highest BCUT2D eigenvalue weighted by molar-refractivity contribution is 5.95. The number of carbonyl (C=O) groups excluding carboxylic acids is 6. The number of aromatic nitrogens is 3. The van der Waals surface area contributed by atoms with Crippen LogP contribution in [0.15, 0.2) is 55.0 Å². The monoisotopic (exact) mass is 774 g/mol. The molecule has 19 heteroatoms. The number of rotatable bonds is 9. The van der Waals surface area contributed by atoms with E-state index in [1.807, 2.05) is 0 Å². The molecule has 2 aliphatic rings. The minimum atomic E-state index is -4.32. The van der Waals surface area contributed by atoms with Crippen molar-refractivity contribution >= 4 is 35.6 Å². The molecular formula is C36H41F3N6O10. The van der Waals surface area contributed by atoms with Gasteiger partial charge in [0.25, 0.3) is 17.7 Å². The molecule has 0 atom stereocenters. The zero-order valence-electron chi connectivity index (χ0n) is 30.3. The molecule has 0 unspecified atom stereocenters. The summed E-state index contributed by atoms with van der Waals surface area (Å²) in [6.07, 6.45) is 2.11. The average Bonchev–Trinajstić information content (AvgIpc) is 3.76. The number of halogens is 3. The summed E-state index contributed by atoms with van der Waals surface area (Å²) in [6.45, 7) is 2.39. The van der Waals surface area contributed by atoms with Crippen molar-refractivity contribution in [2.45, 2.75) is 44.3 Å². The van der Waals surface area contributed by atoms with E-state index in [0.717, 1.165) is 45.0 Å². The van der Waals surface area contributed by atoms with E-state index in [0.29, 0.717) is 35.7 Å². The maximum atomic E-state index is 11.9. The molecule has 5 heterocycles.